The number of carbonyl (C=O) groups is 2. The van der Waals surface area contributed by atoms with Crippen LogP contribution in [0.2, 0.25) is 0 Å². The number of hydrogen-bond donors (Lipinski definition) is 1. The minimum absolute atomic E-state index is 0.195. The molecule has 2 aromatic rings. The Morgan fingerprint density at radius 2 is 1.84 bits per heavy atom. The topological polar surface area (TPSA) is 90.9 Å². The Morgan fingerprint density at radius 1 is 1.16 bits per heavy atom. The van der Waals surface area contributed by atoms with Crippen LogP contribution in [-0.4, -0.2) is 67.3 Å². The second-order valence-corrected chi connectivity index (χ2v) is 7.65. The van der Waals surface area contributed by atoms with E-state index < -0.39 is 12.2 Å². The van der Waals surface area contributed by atoms with Crippen molar-refractivity contribution in [3.8, 4) is 0 Å². The van der Waals surface area contributed by atoms with E-state index in [0.717, 1.165) is 24.6 Å². The number of benzene rings is 1. The zero-order chi connectivity index (χ0) is 22.0. The molecule has 4 rings (SSSR count). The molecule has 2 saturated heterocycles. The lowest BCUT2D eigenvalue weighted by Crippen LogP contribution is -2.47. The normalized spacial score (nSPS) is 18.9. The largest absolute Gasteiger partial charge is 0.442 e. The van der Waals surface area contributed by atoms with Gasteiger partial charge in [-0.25, -0.2) is 19.2 Å². The van der Waals surface area contributed by atoms with E-state index in [1.807, 2.05) is 24.2 Å². The standard InChI is InChI=1S/C21H25FN6O3/c1-14-23-10-17(11-24-14)26-5-7-27(8-6-26)20-4-3-16(9-19(20)22)28-13-18(31-21(28)30)12-25-15(2)29/h3-4,9-11,18H,5-8,12-13H2,1-2H3,(H,25,29)/t18-/m0/s1. The third-order valence-electron chi connectivity index (χ3n) is 5.45. The molecule has 0 unspecified atom stereocenters. The number of cyclic esters (lactones) is 1. The molecule has 2 aliphatic heterocycles. The maximum Gasteiger partial charge on any atom is 0.414 e. The van der Waals surface area contributed by atoms with Crippen molar-refractivity contribution in [1.82, 2.24) is 15.3 Å². The summed E-state index contributed by atoms with van der Waals surface area (Å²) in [7, 11) is 0. The number of hydrogen-bond acceptors (Lipinski definition) is 7. The van der Waals surface area contributed by atoms with Crippen LogP contribution in [0, 0.1) is 12.7 Å². The van der Waals surface area contributed by atoms with Crippen LogP contribution in [-0.2, 0) is 9.53 Å². The molecule has 2 fully saturated rings. The molecule has 0 bridgehead atoms. The van der Waals surface area contributed by atoms with Crippen LogP contribution in [0.25, 0.3) is 0 Å². The van der Waals surface area contributed by atoms with E-state index in [2.05, 4.69) is 20.2 Å². The number of nitrogens with zero attached hydrogens (tertiary/aromatic N) is 5. The molecule has 2 aliphatic rings. The van der Waals surface area contributed by atoms with Crippen molar-refractivity contribution in [1.29, 1.82) is 0 Å². The Hall–Kier alpha value is -3.43. The predicted octanol–water partition coefficient (Wildman–Crippen LogP) is 1.71. The van der Waals surface area contributed by atoms with Crippen molar-refractivity contribution in [2.75, 3.05) is 54.0 Å². The molecule has 3 heterocycles. The van der Waals surface area contributed by atoms with E-state index in [-0.39, 0.29) is 24.8 Å². The zero-order valence-corrected chi connectivity index (χ0v) is 17.5. The first-order valence-corrected chi connectivity index (χ1v) is 10.2. The summed E-state index contributed by atoms with van der Waals surface area (Å²) in [5.41, 5.74) is 1.90. The third-order valence-corrected chi connectivity index (χ3v) is 5.45. The van der Waals surface area contributed by atoms with Gasteiger partial charge in [-0.2, -0.15) is 0 Å². The Balaban J connectivity index is 1.38. The molecular weight excluding hydrogens is 403 g/mol. The lowest BCUT2D eigenvalue weighted by molar-refractivity contribution is -0.119. The number of aromatic nitrogens is 2. The molecule has 1 atom stereocenters. The Labute approximate surface area is 179 Å². The molecule has 1 N–H and O–H groups in total. The second kappa shape index (κ2) is 8.75. The number of halogens is 1. The lowest BCUT2D eigenvalue weighted by Gasteiger charge is -2.37. The predicted molar refractivity (Wildman–Crippen MR) is 114 cm³/mol. The first-order chi connectivity index (χ1) is 14.9. The Kier molecular flexibility index (Phi) is 5.88. The van der Waals surface area contributed by atoms with Gasteiger partial charge in [0.1, 0.15) is 17.7 Å². The molecule has 0 saturated carbocycles. The van der Waals surface area contributed by atoms with Crippen molar-refractivity contribution in [2.45, 2.75) is 20.0 Å². The molecule has 10 heteroatoms. The quantitative estimate of drug-likeness (QED) is 0.775. The van der Waals surface area contributed by atoms with Crippen molar-refractivity contribution < 1.29 is 18.7 Å². The fourth-order valence-electron chi connectivity index (χ4n) is 3.77. The van der Waals surface area contributed by atoms with Crippen LogP contribution < -0.4 is 20.0 Å². The van der Waals surface area contributed by atoms with Crippen LogP contribution in [0.3, 0.4) is 0 Å². The summed E-state index contributed by atoms with van der Waals surface area (Å²) in [6, 6.07) is 4.78. The van der Waals surface area contributed by atoms with Gasteiger partial charge >= 0.3 is 6.09 Å². The fraction of sp³-hybridized carbons (Fsp3) is 0.429. The van der Waals surface area contributed by atoms with Gasteiger partial charge in [-0.15, -0.1) is 0 Å². The van der Waals surface area contributed by atoms with Crippen LogP contribution in [0.5, 0.6) is 0 Å². The lowest BCUT2D eigenvalue weighted by atomic mass is 10.2. The Morgan fingerprint density at radius 3 is 2.48 bits per heavy atom. The van der Waals surface area contributed by atoms with E-state index in [1.54, 1.807) is 12.1 Å². The van der Waals surface area contributed by atoms with E-state index >= 15 is 0 Å². The average molecular weight is 428 g/mol. The van der Waals surface area contributed by atoms with Crippen molar-refractivity contribution in [2.24, 2.45) is 0 Å². The molecule has 9 nitrogen and oxygen atoms in total. The SMILES string of the molecule is CC(=O)NC[C@H]1CN(c2ccc(N3CCN(c4cnc(C)nc4)CC3)c(F)c2)C(=O)O1. The molecular formula is C21H25FN6O3. The summed E-state index contributed by atoms with van der Waals surface area (Å²) in [5.74, 6) is 0.149. The van der Waals surface area contributed by atoms with E-state index in [4.69, 9.17) is 4.74 Å². The van der Waals surface area contributed by atoms with E-state index in [0.29, 0.717) is 24.5 Å². The highest BCUT2D eigenvalue weighted by Crippen LogP contribution is 2.29. The molecule has 1 aromatic heterocycles. The summed E-state index contributed by atoms with van der Waals surface area (Å²) in [5, 5.41) is 2.63. The number of rotatable bonds is 5. The average Bonchev–Trinajstić information content (AvgIpc) is 3.13. The number of anilines is 3. The van der Waals surface area contributed by atoms with E-state index in [1.165, 1.54) is 17.9 Å². The number of piperazine rings is 1. The minimum atomic E-state index is -0.545. The molecule has 0 aliphatic carbocycles. The highest BCUT2D eigenvalue weighted by molar-refractivity contribution is 5.90. The summed E-state index contributed by atoms with van der Waals surface area (Å²) in [6.45, 7) is 6.52. The van der Waals surface area contributed by atoms with Gasteiger partial charge in [-0.05, 0) is 25.1 Å². The highest BCUT2D eigenvalue weighted by atomic mass is 19.1. The second-order valence-electron chi connectivity index (χ2n) is 7.65. The maximum absolute atomic E-state index is 14.9. The van der Waals surface area contributed by atoms with Crippen molar-refractivity contribution in [3.05, 3.63) is 42.2 Å². The van der Waals surface area contributed by atoms with Crippen LogP contribution in [0.4, 0.5) is 26.2 Å². The fourth-order valence-corrected chi connectivity index (χ4v) is 3.77. The van der Waals surface area contributed by atoms with E-state index in [9.17, 15) is 14.0 Å². The van der Waals surface area contributed by atoms with Gasteiger partial charge < -0.3 is 19.9 Å². The maximum atomic E-state index is 14.9. The summed E-state index contributed by atoms with van der Waals surface area (Å²) in [4.78, 5) is 37.2. The number of carbonyl (C=O) groups excluding carboxylic acids is 2. The van der Waals surface area contributed by atoms with Crippen LogP contribution in [0.15, 0.2) is 30.6 Å². The van der Waals surface area contributed by atoms with Gasteiger partial charge in [0.15, 0.2) is 0 Å². The minimum Gasteiger partial charge on any atom is -0.442 e. The van der Waals surface area contributed by atoms with Gasteiger partial charge in [0.05, 0.1) is 42.5 Å². The van der Waals surface area contributed by atoms with Gasteiger partial charge in [-0.1, -0.05) is 0 Å². The summed E-state index contributed by atoms with van der Waals surface area (Å²) < 4.78 is 20.2. The molecule has 0 radical (unpaired) electrons. The van der Waals surface area contributed by atoms with Crippen LogP contribution >= 0.6 is 0 Å². The molecule has 1 aromatic carbocycles. The molecule has 2 amide bonds. The summed E-state index contributed by atoms with van der Waals surface area (Å²) >= 11 is 0. The van der Waals surface area contributed by atoms with Gasteiger partial charge in [0, 0.05) is 33.1 Å². The monoisotopic (exact) mass is 428 g/mol. The van der Waals surface area contributed by atoms with Crippen LogP contribution in [0.1, 0.15) is 12.7 Å². The Bertz CT molecular complexity index is 962. The molecule has 164 valence electrons. The van der Waals surface area contributed by atoms with Gasteiger partial charge in [0.25, 0.3) is 0 Å². The zero-order valence-electron chi connectivity index (χ0n) is 17.5. The number of nitrogens with one attached hydrogen (secondary N) is 1. The number of aryl methyl sites for hydroxylation is 1. The number of amides is 2. The smallest absolute Gasteiger partial charge is 0.414 e. The first kappa shape index (κ1) is 20.8. The van der Waals surface area contributed by atoms with Crippen molar-refractivity contribution in [3.63, 3.8) is 0 Å². The number of ether oxygens (including phenoxy) is 1. The third kappa shape index (κ3) is 4.68. The first-order valence-electron chi connectivity index (χ1n) is 10.2. The highest BCUT2D eigenvalue weighted by Gasteiger charge is 2.33. The van der Waals surface area contributed by atoms with Gasteiger partial charge in [-0.3, -0.25) is 9.69 Å². The van der Waals surface area contributed by atoms with Gasteiger partial charge in [0.2, 0.25) is 5.91 Å². The molecule has 31 heavy (non-hydrogen) atoms. The molecule has 0 spiro atoms. The van der Waals surface area contributed by atoms with Crippen molar-refractivity contribution >= 4 is 29.1 Å². The summed E-state index contributed by atoms with van der Waals surface area (Å²) in [6.07, 6.45) is 2.61.